The average Bonchev–Trinajstić information content (AvgIpc) is 2.75. The van der Waals surface area contributed by atoms with Gasteiger partial charge in [0.25, 0.3) is 0 Å². The van der Waals surface area contributed by atoms with Crippen LogP contribution in [-0.2, 0) is 25.6 Å². The molecule has 11 nitrogen and oxygen atoms in total. The number of aliphatic hydroxyl groups excluding tert-OH is 1. The minimum absolute atomic E-state index is 0.0222. The molecule has 0 spiro atoms. The molecule has 0 saturated heterocycles. The van der Waals surface area contributed by atoms with E-state index >= 15 is 0 Å². The Hall–Kier alpha value is -3.18. The summed E-state index contributed by atoms with van der Waals surface area (Å²) >= 11 is 0. The highest BCUT2D eigenvalue weighted by Gasteiger charge is 2.31. The molecule has 0 aromatic heterocycles. The van der Waals surface area contributed by atoms with Crippen molar-refractivity contribution >= 4 is 23.7 Å². The Morgan fingerprint density at radius 3 is 2.09 bits per heavy atom. The first-order valence-corrected chi connectivity index (χ1v) is 10.3. The van der Waals surface area contributed by atoms with Gasteiger partial charge in [-0.3, -0.25) is 19.2 Å². The number of hydrogen-bond acceptors (Lipinski definition) is 7. The maximum atomic E-state index is 12.9. The lowest BCUT2D eigenvalue weighted by Gasteiger charge is -2.26. The van der Waals surface area contributed by atoms with E-state index in [-0.39, 0.29) is 18.1 Å². The van der Waals surface area contributed by atoms with E-state index in [4.69, 9.17) is 10.8 Å². The number of nitrogens with one attached hydrogen (secondary N) is 3. The Balaban J connectivity index is 3.05. The van der Waals surface area contributed by atoms with Crippen molar-refractivity contribution in [2.24, 2.45) is 11.7 Å². The molecule has 5 unspecified atom stereocenters. The van der Waals surface area contributed by atoms with Crippen LogP contribution >= 0.6 is 0 Å². The monoisotopic (exact) mass is 452 g/mol. The van der Waals surface area contributed by atoms with Gasteiger partial charge in [-0.1, -0.05) is 32.4 Å². The van der Waals surface area contributed by atoms with Crippen molar-refractivity contribution in [3.63, 3.8) is 0 Å². The fourth-order valence-corrected chi connectivity index (χ4v) is 2.79. The number of phenols is 1. The van der Waals surface area contributed by atoms with E-state index in [1.54, 1.807) is 19.1 Å². The quantitative estimate of drug-likeness (QED) is 0.207. The molecule has 0 aliphatic rings. The number of phenolic OH excluding ortho intramolecular Hbond substituents is 1. The van der Waals surface area contributed by atoms with Crippen LogP contribution in [0.3, 0.4) is 0 Å². The number of carbonyl (C=O) groups excluding carboxylic acids is 3. The second-order valence-corrected chi connectivity index (χ2v) is 7.68. The van der Waals surface area contributed by atoms with Crippen LogP contribution in [-0.4, -0.2) is 69.8 Å². The third-order valence-electron chi connectivity index (χ3n) is 5.05. The summed E-state index contributed by atoms with van der Waals surface area (Å²) < 4.78 is 0. The third-order valence-corrected chi connectivity index (χ3v) is 5.05. The van der Waals surface area contributed by atoms with Crippen LogP contribution in [0.2, 0.25) is 0 Å². The summed E-state index contributed by atoms with van der Waals surface area (Å²) in [5, 5.41) is 35.1. The van der Waals surface area contributed by atoms with Crippen molar-refractivity contribution < 1.29 is 34.5 Å². The number of carbonyl (C=O) groups is 4. The Kier molecular flexibility index (Phi) is 10.6. The number of amides is 3. The summed E-state index contributed by atoms with van der Waals surface area (Å²) in [4.78, 5) is 48.4. The number of hydrogen-bond donors (Lipinski definition) is 7. The standard InChI is InChI=1S/C21H32N4O7/c1-4-11(2)17(22)20(31)24-15(9-13-5-7-14(27)8-6-13)19(30)25-18(12(3)26)21(32)23-10-16(28)29/h5-8,11-12,15,17-18,26-27H,4,9-10,22H2,1-3H3,(H,23,32)(H,24,31)(H,25,30)(H,28,29). The van der Waals surface area contributed by atoms with E-state index in [2.05, 4.69) is 16.0 Å². The zero-order chi connectivity index (χ0) is 24.4. The maximum absolute atomic E-state index is 12.9. The average molecular weight is 453 g/mol. The Morgan fingerprint density at radius 2 is 1.59 bits per heavy atom. The van der Waals surface area contributed by atoms with Crippen molar-refractivity contribution in [2.75, 3.05) is 6.54 Å². The van der Waals surface area contributed by atoms with E-state index in [0.717, 1.165) is 0 Å². The van der Waals surface area contributed by atoms with Gasteiger partial charge in [0.15, 0.2) is 0 Å². The fraction of sp³-hybridized carbons (Fsp3) is 0.524. The Labute approximate surface area is 186 Å². The first-order chi connectivity index (χ1) is 15.0. The zero-order valence-corrected chi connectivity index (χ0v) is 18.4. The molecule has 3 amide bonds. The SMILES string of the molecule is CCC(C)C(N)C(=O)NC(Cc1ccc(O)cc1)C(=O)NC(C(=O)NCC(=O)O)C(C)O. The molecule has 178 valence electrons. The van der Waals surface area contributed by atoms with Gasteiger partial charge in [0.2, 0.25) is 17.7 Å². The van der Waals surface area contributed by atoms with Crippen LogP contribution in [0.15, 0.2) is 24.3 Å². The molecular formula is C21H32N4O7. The summed E-state index contributed by atoms with van der Waals surface area (Å²) in [5.41, 5.74) is 6.58. The smallest absolute Gasteiger partial charge is 0.322 e. The molecule has 1 aromatic rings. The molecule has 0 heterocycles. The van der Waals surface area contributed by atoms with Gasteiger partial charge in [-0.2, -0.15) is 0 Å². The number of aliphatic carboxylic acids is 1. The highest BCUT2D eigenvalue weighted by molar-refractivity contribution is 5.94. The molecule has 0 bridgehead atoms. The first kappa shape index (κ1) is 26.9. The van der Waals surface area contributed by atoms with Crippen LogP contribution in [0.1, 0.15) is 32.8 Å². The predicted octanol–water partition coefficient (Wildman–Crippen LogP) is -1.14. The molecule has 0 aliphatic carbocycles. The third kappa shape index (κ3) is 8.52. The van der Waals surface area contributed by atoms with E-state index in [9.17, 15) is 29.4 Å². The minimum atomic E-state index is -1.44. The number of nitrogens with two attached hydrogens (primary N) is 1. The summed E-state index contributed by atoms with van der Waals surface area (Å²) in [7, 11) is 0. The molecule has 1 rings (SSSR count). The summed E-state index contributed by atoms with van der Waals surface area (Å²) in [5.74, 6) is -3.60. The summed E-state index contributed by atoms with van der Waals surface area (Å²) in [6.07, 6.45) is -0.661. The minimum Gasteiger partial charge on any atom is -0.508 e. The molecule has 0 saturated carbocycles. The van der Waals surface area contributed by atoms with Gasteiger partial charge in [-0.05, 0) is 30.5 Å². The highest BCUT2D eigenvalue weighted by Crippen LogP contribution is 2.12. The number of rotatable bonds is 12. The van der Waals surface area contributed by atoms with Gasteiger partial charge in [0.1, 0.15) is 24.4 Å². The Morgan fingerprint density at radius 1 is 1.00 bits per heavy atom. The summed E-state index contributed by atoms with van der Waals surface area (Å²) in [6, 6.07) is 2.55. The molecule has 0 radical (unpaired) electrons. The summed E-state index contributed by atoms with van der Waals surface area (Å²) in [6.45, 7) is 4.25. The van der Waals surface area contributed by atoms with Crippen LogP contribution in [0.25, 0.3) is 0 Å². The first-order valence-electron chi connectivity index (χ1n) is 10.3. The van der Waals surface area contributed by atoms with Crippen LogP contribution in [0, 0.1) is 5.92 Å². The number of aliphatic hydroxyl groups is 1. The number of carboxylic acid groups (broad SMARTS) is 1. The normalized spacial score (nSPS) is 15.5. The lowest BCUT2D eigenvalue weighted by atomic mass is 9.98. The van der Waals surface area contributed by atoms with Gasteiger partial charge in [-0.25, -0.2) is 0 Å². The van der Waals surface area contributed by atoms with Crippen LogP contribution < -0.4 is 21.7 Å². The molecule has 8 N–H and O–H groups in total. The molecular weight excluding hydrogens is 420 g/mol. The van der Waals surface area contributed by atoms with Gasteiger partial charge in [-0.15, -0.1) is 0 Å². The largest absolute Gasteiger partial charge is 0.508 e. The van der Waals surface area contributed by atoms with E-state index in [1.807, 2.05) is 6.92 Å². The van der Waals surface area contributed by atoms with Crippen molar-refractivity contribution in [2.45, 2.75) is 57.8 Å². The fourth-order valence-electron chi connectivity index (χ4n) is 2.79. The van der Waals surface area contributed by atoms with Gasteiger partial charge >= 0.3 is 5.97 Å². The predicted molar refractivity (Wildman–Crippen MR) is 115 cm³/mol. The van der Waals surface area contributed by atoms with Crippen molar-refractivity contribution in [1.29, 1.82) is 0 Å². The molecule has 0 aliphatic heterocycles. The number of benzene rings is 1. The van der Waals surface area contributed by atoms with Crippen molar-refractivity contribution in [3.05, 3.63) is 29.8 Å². The van der Waals surface area contributed by atoms with Crippen LogP contribution in [0.4, 0.5) is 0 Å². The molecule has 5 atom stereocenters. The topological polar surface area (TPSA) is 191 Å². The lowest BCUT2D eigenvalue weighted by molar-refractivity contribution is -0.139. The van der Waals surface area contributed by atoms with Gasteiger partial charge < -0.3 is 37.0 Å². The van der Waals surface area contributed by atoms with Crippen LogP contribution in [0.5, 0.6) is 5.75 Å². The van der Waals surface area contributed by atoms with Gasteiger partial charge in [0.05, 0.1) is 12.1 Å². The number of carboxylic acids is 1. The second-order valence-electron chi connectivity index (χ2n) is 7.68. The van der Waals surface area contributed by atoms with Crippen molar-refractivity contribution in [3.8, 4) is 5.75 Å². The maximum Gasteiger partial charge on any atom is 0.322 e. The Bertz CT molecular complexity index is 798. The lowest BCUT2D eigenvalue weighted by Crippen LogP contribution is -2.59. The van der Waals surface area contributed by atoms with E-state index in [1.165, 1.54) is 19.1 Å². The zero-order valence-electron chi connectivity index (χ0n) is 18.4. The number of aromatic hydroxyl groups is 1. The molecule has 11 heteroatoms. The second kappa shape index (κ2) is 12.6. The van der Waals surface area contributed by atoms with E-state index in [0.29, 0.717) is 12.0 Å². The van der Waals surface area contributed by atoms with Gasteiger partial charge in [0, 0.05) is 6.42 Å². The molecule has 32 heavy (non-hydrogen) atoms. The molecule has 0 fully saturated rings. The van der Waals surface area contributed by atoms with Crippen molar-refractivity contribution in [1.82, 2.24) is 16.0 Å². The molecule has 1 aromatic carbocycles. The highest BCUT2D eigenvalue weighted by atomic mass is 16.4. The van der Waals surface area contributed by atoms with E-state index < -0.39 is 54.5 Å².